The zero-order chi connectivity index (χ0) is 15.2. The van der Waals surface area contributed by atoms with Gasteiger partial charge in [0.15, 0.2) is 0 Å². The SMILES string of the molecule is NC(=O)N/N=C\c1ccc(Oc2ccc(F)cc2Cl)cc1. The van der Waals surface area contributed by atoms with Crippen LogP contribution < -0.4 is 15.9 Å². The number of urea groups is 1. The summed E-state index contributed by atoms with van der Waals surface area (Å²) in [7, 11) is 0. The largest absolute Gasteiger partial charge is 0.456 e. The van der Waals surface area contributed by atoms with Crippen molar-refractivity contribution in [2.75, 3.05) is 0 Å². The minimum Gasteiger partial charge on any atom is -0.456 e. The van der Waals surface area contributed by atoms with Gasteiger partial charge in [-0.05, 0) is 48.0 Å². The summed E-state index contributed by atoms with van der Waals surface area (Å²) in [5, 5.41) is 3.81. The van der Waals surface area contributed by atoms with Crippen molar-refractivity contribution in [1.82, 2.24) is 5.43 Å². The van der Waals surface area contributed by atoms with E-state index in [1.807, 2.05) is 0 Å². The van der Waals surface area contributed by atoms with Gasteiger partial charge in [0.25, 0.3) is 0 Å². The third-order valence-electron chi connectivity index (χ3n) is 2.39. The fourth-order valence-corrected chi connectivity index (χ4v) is 1.68. The smallest absolute Gasteiger partial charge is 0.332 e. The minimum atomic E-state index is -0.739. The Morgan fingerprint density at radius 1 is 1.29 bits per heavy atom. The van der Waals surface area contributed by atoms with Crippen LogP contribution >= 0.6 is 11.6 Å². The molecule has 0 heterocycles. The zero-order valence-corrected chi connectivity index (χ0v) is 11.5. The van der Waals surface area contributed by atoms with E-state index < -0.39 is 11.8 Å². The number of rotatable bonds is 4. The monoisotopic (exact) mass is 307 g/mol. The summed E-state index contributed by atoms with van der Waals surface area (Å²) in [5.74, 6) is 0.458. The predicted octanol–water partition coefficient (Wildman–Crippen LogP) is 3.27. The van der Waals surface area contributed by atoms with Gasteiger partial charge < -0.3 is 10.5 Å². The van der Waals surface area contributed by atoms with Crippen LogP contribution in [-0.2, 0) is 0 Å². The van der Waals surface area contributed by atoms with Crippen molar-refractivity contribution < 1.29 is 13.9 Å². The number of carbonyl (C=O) groups excluding carboxylic acids is 1. The maximum Gasteiger partial charge on any atom is 0.332 e. The highest BCUT2D eigenvalue weighted by atomic mass is 35.5. The van der Waals surface area contributed by atoms with Gasteiger partial charge in [0.1, 0.15) is 17.3 Å². The van der Waals surface area contributed by atoms with E-state index in [-0.39, 0.29) is 5.02 Å². The van der Waals surface area contributed by atoms with Crippen LogP contribution in [0, 0.1) is 5.82 Å². The first-order valence-electron chi connectivity index (χ1n) is 5.86. The van der Waals surface area contributed by atoms with Crippen LogP contribution in [0.25, 0.3) is 0 Å². The second kappa shape index (κ2) is 6.71. The van der Waals surface area contributed by atoms with Gasteiger partial charge in [0.05, 0.1) is 11.2 Å². The molecule has 0 aromatic heterocycles. The number of hydrazone groups is 1. The Bertz CT molecular complexity index is 674. The molecule has 2 aromatic carbocycles. The molecule has 0 unspecified atom stereocenters. The molecule has 21 heavy (non-hydrogen) atoms. The molecule has 2 aromatic rings. The molecule has 2 amide bonds. The van der Waals surface area contributed by atoms with Gasteiger partial charge in [-0.3, -0.25) is 0 Å². The van der Waals surface area contributed by atoms with Crippen LogP contribution in [-0.4, -0.2) is 12.2 Å². The second-order valence-corrected chi connectivity index (χ2v) is 4.39. The maximum atomic E-state index is 12.9. The Balaban J connectivity index is 2.05. The number of ether oxygens (including phenoxy) is 1. The lowest BCUT2D eigenvalue weighted by Crippen LogP contribution is -2.24. The molecule has 7 heteroatoms. The van der Waals surface area contributed by atoms with E-state index >= 15 is 0 Å². The van der Waals surface area contributed by atoms with Gasteiger partial charge in [-0.1, -0.05) is 11.6 Å². The predicted molar refractivity (Wildman–Crippen MR) is 78.2 cm³/mol. The van der Waals surface area contributed by atoms with E-state index in [1.165, 1.54) is 24.4 Å². The number of carbonyl (C=O) groups is 1. The van der Waals surface area contributed by atoms with Crippen molar-refractivity contribution in [3.63, 3.8) is 0 Å². The van der Waals surface area contributed by atoms with Crippen LogP contribution in [0.4, 0.5) is 9.18 Å². The first-order chi connectivity index (χ1) is 10.0. The van der Waals surface area contributed by atoms with Gasteiger partial charge in [0.2, 0.25) is 0 Å². The molecule has 0 atom stereocenters. The maximum absolute atomic E-state index is 12.9. The van der Waals surface area contributed by atoms with Crippen LogP contribution in [0.1, 0.15) is 5.56 Å². The van der Waals surface area contributed by atoms with E-state index in [1.54, 1.807) is 24.3 Å². The highest BCUT2D eigenvalue weighted by Crippen LogP contribution is 2.29. The lowest BCUT2D eigenvalue weighted by molar-refractivity contribution is 0.249. The summed E-state index contributed by atoms with van der Waals surface area (Å²) in [6.07, 6.45) is 1.43. The van der Waals surface area contributed by atoms with Crippen molar-refractivity contribution in [2.45, 2.75) is 0 Å². The fraction of sp³-hybridized carbons (Fsp3) is 0. The summed E-state index contributed by atoms with van der Waals surface area (Å²) in [5.41, 5.74) is 7.69. The lowest BCUT2D eigenvalue weighted by Gasteiger charge is -2.07. The Morgan fingerprint density at radius 2 is 2.00 bits per heavy atom. The number of nitrogens with two attached hydrogens (primary N) is 1. The van der Waals surface area contributed by atoms with Crippen molar-refractivity contribution in [3.05, 3.63) is 58.9 Å². The highest BCUT2D eigenvalue weighted by molar-refractivity contribution is 6.32. The molecule has 0 saturated carbocycles. The van der Waals surface area contributed by atoms with Crippen molar-refractivity contribution in [3.8, 4) is 11.5 Å². The van der Waals surface area contributed by atoms with Crippen LogP contribution in [0.3, 0.4) is 0 Å². The molecule has 108 valence electrons. The average molecular weight is 308 g/mol. The van der Waals surface area contributed by atoms with E-state index in [9.17, 15) is 9.18 Å². The number of benzene rings is 2. The van der Waals surface area contributed by atoms with Crippen molar-refractivity contribution >= 4 is 23.8 Å². The summed E-state index contributed by atoms with van der Waals surface area (Å²) in [4.78, 5) is 10.4. The Hall–Kier alpha value is -2.60. The number of primary amides is 1. The number of nitrogens with one attached hydrogen (secondary N) is 1. The third-order valence-corrected chi connectivity index (χ3v) is 2.69. The van der Waals surface area contributed by atoms with Crippen molar-refractivity contribution in [2.24, 2.45) is 10.8 Å². The van der Waals surface area contributed by atoms with Gasteiger partial charge in [-0.25, -0.2) is 14.6 Å². The molecular formula is C14H11ClFN3O2. The zero-order valence-electron chi connectivity index (χ0n) is 10.7. The average Bonchev–Trinajstić information content (AvgIpc) is 2.43. The number of nitrogens with zero attached hydrogens (tertiary/aromatic N) is 1. The number of hydrogen-bond donors (Lipinski definition) is 2. The highest BCUT2D eigenvalue weighted by Gasteiger charge is 2.04. The summed E-state index contributed by atoms with van der Waals surface area (Å²) in [6, 6.07) is 9.96. The topological polar surface area (TPSA) is 76.7 Å². The molecule has 0 spiro atoms. The lowest BCUT2D eigenvalue weighted by atomic mass is 10.2. The minimum absolute atomic E-state index is 0.186. The van der Waals surface area contributed by atoms with E-state index in [4.69, 9.17) is 22.1 Å². The van der Waals surface area contributed by atoms with E-state index in [0.29, 0.717) is 11.5 Å². The van der Waals surface area contributed by atoms with Gasteiger partial charge in [-0.15, -0.1) is 0 Å². The second-order valence-electron chi connectivity index (χ2n) is 3.98. The molecule has 0 aliphatic rings. The summed E-state index contributed by atoms with van der Waals surface area (Å²) in [6.45, 7) is 0. The number of halogens is 2. The third kappa shape index (κ3) is 4.47. The normalized spacial score (nSPS) is 10.6. The molecule has 0 bridgehead atoms. The Kier molecular flexibility index (Phi) is 4.73. The summed E-state index contributed by atoms with van der Waals surface area (Å²) >= 11 is 5.87. The molecule has 2 rings (SSSR count). The first-order valence-corrected chi connectivity index (χ1v) is 6.24. The molecule has 0 aliphatic carbocycles. The fourth-order valence-electron chi connectivity index (χ4n) is 1.48. The molecule has 0 saturated heterocycles. The number of amides is 2. The molecule has 0 fully saturated rings. The number of hydrogen-bond acceptors (Lipinski definition) is 3. The van der Waals surface area contributed by atoms with Gasteiger partial charge in [0, 0.05) is 0 Å². The molecule has 5 nitrogen and oxygen atoms in total. The molecule has 0 aliphatic heterocycles. The van der Waals surface area contributed by atoms with E-state index in [2.05, 4.69) is 10.5 Å². The molecular weight excluding hydrogens is 297 g/mol. The van der Waals surface area contributed by atoms with Crippen molar-refractivity contribution in [1.29, 1.82) is 0 Å². The van der Waals surface area contributed by atoms with Gasteiger partial charge >= 0.3 is 6.03 Å². The Morgan fingerprint density at radius 3 is 2.62 bits per heavy atom. The van der Waals surface area contributed by atoms with Crippen LogP contribution in [0.15, 0.2) is 47.6 Å². The Labute approximate surface area is 125 Å². The van der Waals surface area contributed by atoms with Gasteiger partial charge in [-0.2, -0.15) is 5.10 Å². The van der Waals surface area contributed by atoms with E-state index in [0.717, 1.165) is 5.56 Å². The quantitative estimate of drug-likeness (QED) is 0.672. The molecule has 3 N–H and O–H groups in total. The first kappa shape index (κ1) is 14.8. The van der Waals surface area contributed by atoms with Crippen LogP contribution in [0.5, 0.6) is 11.5 Å². The van der Waals surface area contributed by atoms with Crippen LogP contribution in [0.2, 0.25) is 5.02 Å². The standard InChI is InChI=1S/C14H11ClFN3O2/c15-12-7-10(16)3-6-13(12)21-11-4-1-9(2-5-11)8-18-19-14(17)20/h1-8H,(H3,17,19,20)/b18-8-. The molecule has 0 radical (unpaired) electrons. The summed E-state index contributed by atoms with van der Waals surface area (Å²) < 4.78 is 18.4.